The van der Waals surface area contributed by atoms with Crippen molar-refractivity contribution in [3.05, 3.63) is 0 Å². The molecule has 45 heavy (non-hydrogen) atoms. The molecule has 4 aliphatic carbocycles. The van der Waals surface area contributed by atoms with Crippen LogP contribution >= 0.6 is 0 Å². The van der Waals surface area contributed by atoms with Crippen molar-refractivity contribution in [1.29, 1.82) is 0 Å². The van der Waals surface area contributed by atoms with E-state index in [0.717, 1.165) is 19.3 Å². The third kappa shape index (κ3) is 6.50. The van der Waals surface area contributed by atoms with Crippen molar-refractivity contribution in [2.45, 2.75) is 147 Å². The van der Waals surface area contributed by atoms with E-state index in [1.165, 1.54) is 0 Å². The van der Waals surface area contributed by atoms with Crippen molar-refractivity contribution in [3.8, 4) is 0 Å². The molecule has 0 radical (unpaired) electrons. The van der Waals surface area contributed by atoms with Crippen LogP contribution in [-0.4, -0.2) is 105 Å². The number of aliphatic hydroxyl groups is 6. The van der Waals surface area contributed by atoms with Crippen LogP contribution < -0.4 is 0 Å². The Morgan fingerprint density at radius 1 is 0.889 bits per heavy atom. The largest absolute Gasteiger partial charge is 0.397 e. The minimum Gasteiger partial charge on any atom is -0.393 e. The maximum absolute atomic E-state index is 12.6. The summed E-state index contributed by atoms with van der Waals surface area (Å²) in [4.78, 5) is 0. The molecule has 1 aliphatic heterocycles. The monoisotopic (exact) mass is 664 g/mol. The van der Waals surface area contributed by atoms with Crippen LogP contribution in [0.5, 0.6) is 0 Å². The molecule has 0 spiro atoms. The summed E-state index contributed by atoms with van der Waals surface area (Å²) in [5, 5.41) is 66.0. The van der Waals surface area contributed by atoms with Gasteiger partial charge in [-0.1, -0.05) is 34.6 Å². The predicted octanol–water partition coefficient (Wildman–Crippen LogP) is 1.79. The summed E-state index contributed by atoms with van der Waals surface area (Å²) in [6, 6.07) is 0. The van der Waals surface area contributed by atoms with Gasteiger partial charge >= 0.3 is 10.4 Å². The van der Waals surface area contributed by atoms with E-state index in [-0.39, 0.29) is 60.6 Å². The molecule has 3 unspecified atom stereocenters. The Balaban J connectivity index is 1.29. The molecule has 4 saturated carbocycles. The summed E-state index contributed by atoms with van der Waals surface area (Å²) in [5.74, 6) is -0.516. The summed E-state index contributed by atoms with van der Waals surface area (Å²) in [7, 11) is -4.61. The summed E-state index contributed by atoms with van der Waals surface area (Å²) in [6.45, 7) is 10.3. The summed E-state index contributed by atoms with van der Waals surface area (Å²) >= 11 is 0. The van der Waals surface area contributed by atoms with Gasteiger partial charge in [0, 0.05) is 12.3 Å². The average molecular weight is 665 g/mol. The van der Waals surface area contributed by atoms with Crippen molar-refractivity contribution < 1.29 is 57.3 Å². The molecule has 13 heteroatoms. The maximum Gasteiger partial charge on any atom is 0.397 e. The first kappa shape index (κ1) is 35.8. The molecule has 0 aromatic carbocycles. The van der Waals surface area contributed by atoms with E-state index in [2.05, 4.69) is 20.8 Å². The topological polar surface area (TPSA) is 203 Å². The van der Waals surface area contributed by atoms with Gasteiger partial charge in [-0.3, -0.25) is 4.55 Å². The number of hydrogen-bond donors (Lipinski definition) is 7. The molecule has 0 aromatic rings. The highest BCUT2D eigenvalue weighted by atomic mass is 32.3. The van der Waals surface area contributed by atoms with Gasteiger partial charge in [-0.2, -0.15) is 8.42 Å². The highest BCUT2D eigenvalue weighted by Gasteiger charge is 2.70. The Bertz CT molecular complexity index is 1150. The van der Waals surface area contributed by atoms with Crippen LogP contribution in [0, 0.1) is 46.3 Å². The third-order valence-corrected chi connectivity index (χ3v) is 13.6. The predicted molar refractivity (Wildman–Crippen MR) is 162 cm³/mol. The van der Waals surface area contributed by atoms with E-state index >= 15 is 0 Å². The lowest BCUT2D eigenvalue weighted by Gasteiger charge is -2.66. The number of hydrogen-bond acceptors (Lipinski definition) is 11. The van der Waals surface area contributed by atoms with Crippen LogP contribution in [-0.2, 0) is 24.1 Å². The molecular formula is C32H56O12S. The molecule has 16 atom stereocenters. The smallest absolute Gasteiger partial charge is 0.393 e. The first-order chi connectivity index (χ1) is 20.8. The summed E-state index contributed by atoms with van der Waals surface area (Å²) < 4.78 is 48.5. The Hall–Kier alpha value is -0.450. The molecule has 1 saturated heterocycles. The quantitative estimate of drug-likeness (QED) is 0.176. The molecule has 0 amide bonds. The highest BCUT2D eigenvalue weighted by Crippen LogP contribution is 2.70. The normalized spacial score (nSPS) is 50.0. The van der Waals surface area contributed by atoms with Crippen LogP contribution in [0.25, 0.3) is 0 Å². The van der Waals surface area contributed by atoms with Crippen LogP contribution in [0.3, 0.4) is 0 Å². The fourth-order valence-corrected chi connectivity index (χ4v) is 11.4. The first-order valence-electron chi connectivity index (χ1n) is 16.9. The van der Waals surface area contributed by atoms with E-state index < -0.39 is 70.2 Å². The molecular weight excluding hydrogens is 608 g/mol. The fourth-order valence-electron chi connectivity index (χ4n) is 10.9. The van der Waals surface area contributed by atoms with E-state index in [1.54, 1.807) is 0 Å². The van der Waals surface area contributed by atoms with Crippen LogP contribution in [0.15, 0.2) is 0 Å². The van der Waals surface area contributed by atoms with Gasteiger partial charge in [0.05, 0.1) is 36.6 Å². The van der Waals surface area contributed by atoms with Crippen molar-refractivity contribution in [2.75, 3.05) is 6.61 Å². The molecule has 1 heterocycles. The van der Waals surface area contributed by atoms with Gasteiger partial charge in [0.25, 0.3) is 0 Å². The van der Waals surface area contributed by atoms with Crippen LogP contribution in [0.2, 0.25) is 0 Å². The Morgan fingerprint density at radius 3 is 2.20 bits per heavy atom. The molecule has 5 fully saturated rings. The summed E-state index contributed by atoms with van der Waals surface area (Å²) in [6.07, 6.45) is -2.73. The molecule has 7 N–H and O–H groups in total. The lowest BCUT2D eigenvalue weighted by molar-refractivity contribution is -0.287. The first-order valence-corrected chi connectivity index (χ1v) is 18.2. The second-order valence-corrected chi connectivity index (χ2v) is 17.1. The van der Waals surface area contributed by atoms with Crippen LogP contribution in [0.1, 0.15) is 92.4 Å². The minimum atomic E-state index is -4.61. The maximum atomic E-state index is 12.6. The molecule has 5 rings (SSSR count). The molecule has 12 nitrogen and oxygen atoms in total. The third-order valence-electron chi connectivity index (χ3n) is 13.1. The second-order valence-electron chi connectivity index (χ2n) is 16.0. The molecule has 5 aliphatic rings. The minimum absolute atomic E-state index is 0.0982. The molecule has 0 aromatic heterocycles. The van der Waals surface area contributed by atoms with E-state index in [1.807, 2.05) is 13.8 Å². The zero-order valence-electron chi connectivity index (χ0n) is 27.2. The van der Waals surface area contributed by atoms with Crippen molar-refractivity contribution in [3.63, 3.8) is 0 Å². The highest BCUT2D eigenvalue weighted by molar-refractivity contribution is 7.80. The van der Waals surface area contributed by atoms with E-state index in [0.29, 0.717) is 25.7 Å². The zero-order chi connectivity index (χ0) is 33.3. The van der Waals surface area contributed by atoms with Gasteiger partial charge in [-0.25, -0.2) is 4.18 Å². The van der Waals surface area contributed by atoms with Gasteiger partial charge in [0.2, 0.25) is 0 Å². The number of rotatable bonds is 9. The van der Waals surface area contributed by atoms with E-state index in [9.17, 15) is 43.6 Å². The number of fused-ring (bicyclic) bond motifs is 5. The molecule has 0 bridgehead atoms. The van der Waals surface area contributed by atoms with Gasteiger partial charge in [-0.05, 0) is 91.8 Å². The van der Waals surface area contributed by atoms with E-state index in [4.69, 9.17) is 13.7 Å². The average Bonchev–Trinajstić information content (AvgIpc) is 3.21. The lowest BCUT2D eigenvalue weighted by atomic mass is 9.42. The van der Waals surface area contributed by atoms with Gasteiger partial charge in [0.15, 0.2) is 6.29 Å². The Morgan fingerprint density at radius 2 is 1.56 bits per heavy atom. The van der Waals surface area contributed by atoms with Gasteiger partial charge in [0.1, 0.15) is 18.3 Å². The standard InChI is InChI=1S/C32H56O12S/c1-16(2)24(43-29-27(37)26(36)23(35)15-42-29)7-6-17(3)19-13-21(33)28-31(19,5)11-9-25-30(4)10-8-18(44-45(39,40)41)12-20(30)22(34)14-32(25,28)38/h16-29,33-38H,6-15H2,1-5H3,(H,39,40,41)/t17-,18+,19-,20?,21+,22-,23-,24+,25?,26+,27-,28?,29+,30+,31-,32+/m1/s1. The summed E-state index contributed by atoms with van der Waals surface area (Å²) in [5.41, 5.74) is -2.13. The lowest BCUT2D eigenvalue weighted by Crippen LogP contribution is -2.68. The van der Waals surface area contributed by atoms with Crippen molar-refractivity contribution >= 4 is 10.4 Å². The number of aliphatic hydroxyl groups excluding tert-OH is 5. The molecule has 262 valence electrons. The van der Waals surface area contributed by atoms with Gasteiger partial charge in [-0.15, -0.1) is 0 Å². The van der Waals surface area contributed by atoms with Crippen molar-refractivity contribution in [2.24, 2.45) is 46.3 Å². The SMILES string of the molecule is CC(C)[C@H](CC[C@@H](C)[C@H]1C[C@H](O)C2[C@]3(O)C[C@@H](O)C4C[C@@H](OS(=O)(=O)O)CC[C@]4(C)C3CC[C@@]21C)O[C@@H]1OC[C@@H](O)[C@H](O)[C@H]1O. The van der Waals surface area contributed by atoms with Crippen LogP contribution in [0.4, 0.5) is 0 Å². The van der Waals surface area contributed by atoms with Crippen molar-refractivity contribution in [1.82, 2.24) is 0 Å². The number of ether oxygens (including phenoxy) is 2. The van der Waals surface area contributed by atoms with Gasteiger partial charge < -0.3 is 40.1 Å². The Labute approximate surface area is 267 Å². The second kappa shape index (κ2) is 12.8. The Kier molecular flexibility index (Phi) is 10.2. The fraction of sp³-hybridized carbons (Fsp3) is 1.00. The zero-order valence-corrected chi connectivity index (χ0v) is 28.1.